The van der Waals surface area contributed by atoms with Gasteiger partial charge in [0.2, 0.25) is 0 Å². The molecular weight excluding hydrogens is 325 g/mol. The van der Waals surface area contributed by atoms with E-state index in [1.807, 2.05) is 0 Å². The molecule has 0 amide bonds. The number of hydrogen-bond donors (Lipinski definition) is 0. The molecule has 0 unspecified atom stereocenters. The fraction of sp³-hybridized carbons (Fsp3) is 0.636. The molecule has 0 aliphatic heterocycles. The number of benzene rings is 1. The van der Waals surface area contributed by atoms with Gasteiger partial charge < -0.3 is 4.57 Å². The van der Waals surface area contributed by atoms with Crippen molar-refractivity contribution in [1.29, 1.82) is 0 Å². The van der Waals surface area contributed by atoms with E-state index >= 15 is 0 Å². The van der Waals surface area contributed by atoms with Crippen LogP contribution in [0.4, 0.5) is 4.39 Å². The summed E-state index contributed by atoms with van der Waals surface area (Å²) in [5.41, 5.74) is 1.74. The standard InChI is InChI=1S/C22H30FN3/c1-3-4-5-10-21-11-14-22(15-12-21,16-13-21)20-25-24-19(26(20)2)17-6-8-18(23)9-7-17/h6-9H,3-5,10-16H2,1-2H3. The lowest BCUT2D eigenvalue weighted by molar-refractivity contribution is 0.0250. The molecule has 3 aliphatic carbocycles. The first kappa shape index (κ1) is 17.7. The average Bonchev–Trinajstić information content (AvgIpc) is 3.06. The van der Waals surface area contributed by atoms with Crippen molar-refractivity contribution in [3.05, 3.63) is 35.9 Å². The molecule has 1 heterocycles. The molecule has 4 heteroatoms. The third-order valence-electron chi connectivity index (χ3n) is 7.16. The van der Waals surface area contributed by atoms with Gasteiger partial charge in [-0.3, -0.25) is 0 Å². The van der Waals surface area contributed by atoms with Crippen LogP contribution in [0.5, 0.6) is 0 Å². The summed E-state index contributed by atoms with van der Waals surface area (Å²) in [5, 5.41) is 9.09. The molecule has 3 aliphatic rings. The Labute approximate surface area is 156 Å². The zero-order valence-electron chi connectivity index (χ0n) is 16.1. The van der Waals surface area contributed by atoms with Gasteiger partial charge in [0, 0.05) is 18.0 Å². The molecule has 0 atom stereocenters. The molecule has 0 N–H and O–H groups in total. The summed E-state index contributed by atoms with van der Waals surface area (Å²) in [4.78, 5) is 0. The maximum Gasteiger partial charge on any atom is 0.163 e. The molecule has 3 fully saturated rings. The first-order valence-electron chi connectivity index (χ1n) is 10.2. The fourth-order valence-corrected chi connectivity index (χ4v) is 5.37. The Balaban J connectivity index is 1.54. The number of fused-ring (bicyclic) bond motifs is 3. The normalized spacial score (nSPS) is 27.8. The van der Waals surface area contributed by atoms with Crippen molar-refractivity contribution in [3.8, 4) is 11.4 Å². The van der Waals surface area contributed by atoms with Crippen LogP contribution in [-0.4, -0.2) is 14.8 Å². The van der Waals surface area contributed by atoms with E-state index in [1.54, 1.807) is 12.1 Å². The highest BCUT2D eigenvalue weighted by Gasteiger charge is 2.51. The zero-order valence-corrected chi connectivity index (χ0v) is 16.1. The van der Waals surface area contributed by atoms with Crippen LogP contribution in [-0.2, 0) is 12.5 Å². The van der Waals surface area contributed by atoms with E-state index < -0.39 is 0 Å². The van der Waals surface area contributed by atoms with Crippen molar-refractivity contribution in [2.45, 2.75) is 76.5 Å². The second-order valence-electron chi connectivity index (χ2n) is 8.65. The predicted molar refractivity (Wildman–Crippen MR) is 102 cm³/mol. The number of unbranched alkanes of at least 4 members (excludes halogenated alkanes) is 2. The first-order valence-corrected chi connectivity index (χ1v) is 10.2. The Morgan fingerprint density at radius 2 is 1.62 bits per heavy atom. The van der Waals surface area contributed by atoms with Gasteiger partial charge in [-0.15, -0.1) is 10.2 Å². The van der Waals surface area contributed by atoms with E-state index in [2.05, 4.69) is 28.7 Å². The lowest BCUT2D eigenvalue weighted by Crippen LogP contribution is -2.45. The van der Waals surface area contributed by atoms with Crippen molar-refractivity contribution >= 4 is 0 Å². The number of nitrogens with zero attached hydrogens (tertiary/aromatic N) is 3. The monoisotopic (exact) mass is 355 g/mol. The average molecular weight is 356 g/mol. The molecule has 26 heavy (non-hydrogen) atoms. The number of hydrogen-bond acceptors (Lipinski definition) is 2. The van der Waals surface area contributed by atoms with Gasteiger partial charge >= 0.3 is 0 Å². The minimum Gasteiger partial charge on any atom is -0.314 e. The van der Waals surface area contributed by atoms with Gasteiger partial charge in [0.05, 0.1) is 0 Å². The first-order chi connectivity index (χ1) is 12.6. The number of rotatable bonds is 6. The summed E-state index contributed by atoms with van der Waals surface area (Å²) in [5.74, 6) is 1.77. The van der Waals surface area contributed by atoms with Crippen LogP contribution in [0.2, 0.25) is 0 Å². The summed E-state index contributed by atoms with van der Waals surface area (Å²) in [6.07, 6.45) is 13.2. The summed E-state index contributed by atoms with van der Waals surface area (Å²) >= 11 is 0. The van der Waals surface area contributed by atoms with Gasteiger partial charge in [0.15, 0.2) is 5.82 Å². The van der Waals surface area contributed by atoms with Crippen LogP contribution in [0.15, 0.2) is 24.3 Å². The Morgan fingerprint density at radius 3 is 2.23 bits per heavy atom. The third kappa shape index (κ3) is 2.97. The molecular formula is C22H30FN3. The minimum absolute atomic E-state index is 0.201. The van der Waals surface area contributed by atoms with Gasteiger partial charge in [0.25, 0.3) is 0 Å². The molecule has 0 saturated heterocycles. The second-order valence-corrected chi connectivity index (χ2v) is 8.65. The van der Waals surface area contributed by atoms with Gasteiger partial charge in [-0.1, -0.05) is 26.2 Å². The maximum atomic E-state index is 13.2. The molecule has 0 spiro atoms. The van der Waals surface area contributed by atoms with Crippen LogP contribution < -0.4 is 0 Å². The Kier molecular flexibility index (Phi) is 4.62. The highest BCUT2D eigenvalue weighted by Crippen LogP contribution is 2.59. The Bertz CT molecular complexity index is 738. The van der Waals surface area contributed by atoms with Crippen molar-refractivity contribution in [2.75, 3.05) is 0 Å². The minimum atomic E-state index is -0.214. The van der Waals surface area contributed by atoms with Gasteiger partial charge in [-0.05, 0) is 74.6 Å². The largest absolute Gasteiger partial charge is 0.314 e. The van der Waals surface area contributed by atoms with Crippen molar-refractivity contribution in [1.82, 2.24) is 14.8 Å². The molecule has 1 aromatic heterocycles. The molecule has 0 radical (unpaired) electrons. The Morgan fingerprint density at radius 1 is 0.962 bits per heavy atom. The molecule has 3 nitrogen and oxygen atoms in total. The van der Waals surface area contributed by atoms with Crippen molar-refractivity contribution in [3.63, 3.8) is 0 Å². The number of halogens is 1. The molecule has 2 aromatic rings. The van der Waals surface area contributed by atoms with Crippen LogP contribution in [0.3, 0.4) is 0 Å². The van der Waals surface area contributed by atoms with Gasteiger partial charge in [0.1, 0.15) is 11.6 Å². The van der Waals surface area contributed by atoms with Crippen LogP contribution in [0.1, 0.15) is 77.0 Å². The Hall–Kier alpha value is -1.71. The van der Waals surface area contributed by atoms with E-state index in [-0.39, 0.29) is 11.2 Å². The second kappa shape index (κ2) is 6.79. The quantitative estimate of drug-likeness (QED) is 0.614. The molecule has 5 rings (SSSR count). The van der Waals surface area contributed by atoms with E-state index in [0.29, 0.717) is 5.41 Å². The van der Waals surface area contributed by atoms with Gasteiger partial charge in [-0.25, -0.2) is 4.39 Å². The predicted octanol–water partition coefficient (Wildman–Crippen LogP) is 5.79. The smallest absolute Gasteiger partial charge is 0.163 e. The molecule has 1 aromatic carbocycles. The summed E-state index contributed by atoms with van der Waals surface area (Å²) in [6, 6.07) is 6.57. The molecule has 2 bridgehead atoms. The van der Waals surface area contributed by atoms with E-state index in [9.17, 15) is 4.39 Å². The van der Waals surface area contributed by atoms with Crippen molar-refractivity contribution < 1.29 is 4.39 Å². The lowest BCUT2D eigenvalue weighted by atomic mass is 9.52. The summed E-state index contributed by atoms with van der Waals surface area (Å²) < 4.78 is 15.4. The number of aromatic nitrogens is 3. The third-order valence-corrected chi connectivity index (χ3v) is 7.16. The van der Waals surface area contributed by atoms with Gasteiger partial charge in [-0.2, -0.15) is 0 Å². The summed E-state index contributed by atoms with van der Waals surface area (Å²) in [7, 11) is 2.07. The van der Waals surface area contributed by atoms with Crippen LogP contribution >= 0.6 is 0 Å². The zero-order chi connectivity index (χ0) is 18.2. The molecule has 3 saturated carbocycles. The summed E-state index contributed by atoms with van der Waals surface area (Å²) in [6.45, 7) is 2.29. The fourth-order valence-electron chi connectivity index (χ4n) is 5.37. The topological polar surface area (TPSA) is 30.7 Å². The SMILES string of the molecule is CCCCCC12CCC(c3nnc(-c4ccc(F)cc4)n3C)(CC1)CC2. The van der Waals surface area contributed by atoms with E-state index in [4.69, 9.17) is 0 Å². The maximum absolute atomic E-state index is 13.2. The molecule has 140 valence electrons. The van der Waals surface area contributed by atoms with Crippen molar-refractivity contribution in [2.24, 2.45) is 12.5 Å². The van der Waals surface area contributed by atoms with E-state index in [0.717, 1.165) is 17.2 Å². The highest BCUT2D eigenvalue weighted by atomic mass is 19.1. The van der Waals surface area contributed by atoms with E-state index in [1.165, 1.54) is 76.3 Å². The van der Waals surface area contributed by atoms with Crippen LogP contribution in [0.25, 0.3) is 11.4 Å². The van der Waals surface area contributed by atoms with Crippen LogP contribution in [0, 0.1) is 11.2 Å². The highest BCUT2D eigenvalue weighted by molar-refractivity contribution is 5.55. The lowest BCUT2D eigenvalue weighted by Gasteiger charge is -2.53.